The van der Waals surface area contributed by atoms with Crippen LogP contribution in [-0.2, 0) is 0 Å². The first-order valence-corrected chi connectivity index (χ1v) is 6.62. The van der Waals surface area contributed by atoms with Crippen LogP contribution in [0.25, 0.3) is 0 Å². The van der Waals surface area contributed by atoms with E-state index in [2.05, 4.69) is 34.8 Å². The van der Waals surface area contributed by atoms with Crippen molar-refractivity contribution < 1.29 is 0 Å². The number of piperidine rings is 1. The van der Waals surface area contributed by atoms with Crippen LogP contribution in [0.1, 0.15) is 24.8 Å². The molecule has 0 aliphatic carbocycles. The second-order valence-corrected chi connectivity index (χ2v) is 5.02. The van der Waals surface area contributed by atoms with Gasteiger partial charge in [0.2, 0.25) is 0 Å². The van der Waals surface area contributed by atoms with E-state index < -0.39 is 0 Å². The van der Waals surface area contributed by atoms with Crippen LogP contribution in [0.3, 0.4) is 0 Å². The maximum Gasteiger partial charge on any atom is 0.128 e. The first-order valence-electron chi connectivity index (χ1n) is 6.62. The van der Waals surface area contributed by atoms with Crippen LogP contribution in [0, 0.1) is 6.92 Å². The summed E-state index contributed by atoms with van der Waals surface area (Å²) in [4.78, 5) is 9.23. The van der Waals surface area contributed by atoms with Gasteiger partial charge in [0.25, 0.3) is 0 Å². The van der Waals surface area contributed by atoms with Crippen molar-refractivity contribution in [2.24, 2.45) is 0 Å². The largest absolute Gasteiger partial charge is 0.358 e. The van der Waals surface area contributed by atoms with Gasteiger partial charge in [0, 0.05) is 26.3 Å². The van der Waals surface area contributed by atoms with Crippen molar-refractivity contribution in [1.29, 1.82) is 0 Å². The topological polar surface area (TPSA) is 19.4 Å². The maximum atomic E-state index is 4.41. The number of anilines is 1. The van der Waals surface area contributed by atoms with Crippen LogP contribution in [0.15, 0.2) is 18.3 Å². The van der Waals surface area contributed by atoms with Gasteiger partial charge in [-0.1, -0.05) is 6.42 Å². The van der Waals surface area contributed by atoms with Gasteiger partial charge in [-0.05, 0) is 50.6 Å². The minimum atomic E-state index is 1.07. The molecule has 2 rings (SSSR count). The lowest BCUT2D eigenvalue weighted by molar-refractivity contribution is 0.234. The standard InChI is InChI=1S/C14H23N3/c1-13-6-7-15-14(12-13)16(2)10-11-17-8-4-3-5-9-17/h6-7,12H,3-5,8-11H2,1-2H3. The number of pyridine rings is 1. The molecule has 0 radical (unpaired) electrons. The molecule has 94 valence electrons. The van der Waals surface area contributed by atoms with E-state index in [4.69, 9.17) is 0 Å². The van der Waals surface area contributed by atoms with Crippen LogP contribution in [-0.4, -0.2) is 43.1 Å². The highest BCUT2D eigenvalue weighted by molar-refractivity contribution is 5.39. The van der Waals surface area contributed by atoms with Crippen molar-refractivity contribution in [3.63, 3.8) is 0 Å². The number of likely N-dealkylation sites (tertiary alicyclic amines) is 1. The predicted molar refractivity (Wildman–Crippen MR) is 72.5 cm³/mol. The van der Waals surface area contributed by atoms with Crippen molar-refractivity contribution in [2.45, 2.75) is 26.2 Å². The Morgan fingerprint density at radius 2 is 2.06 bits per heavy atom. The number of rotatable bonds is 4. The summed E-state index contributed by atoms with van der Waals surface area (Å²) < 4.78 is 0. The van der Waals surface area contributed by atoms with E-state index in [0.29, 0.717) is 0 Å². The summed E-state index contributed by atoms with van der Waals surface area (Å²) in [6.07, 6.45) is 6.03. The SMILES string of the molecule is Cc1ccnc(N(C)CCN2CCCCC2)c1. The molecular formula is C14H23N3. The summed E-state index contributed by atoms with van der Waals surface area (Å²) in [5, 5.41) is 0. The monoisotopic (exact) mass is 233 g/mol. The molecule has 17 heavy (non-hydrogen) atoms. The number of nitrogens with zero attached hydrogens (tertiary/aromatic N) is 3. The normalized spacial score (nSPS) is 17.1. The van der Waals surface area contributed by atoms with Crippen LogP contribution >= 0.6 is 0 Å². The Morgan fingerprint density at radius 3 is 2.76 bits per heavy atom. The number of hydrogen-bond acceptors (Lipinski definition) is 3. The van der Waals surface area contributed by atoms with Crippen molar-refractivity contribution >= 4 is 5.82 Å². The van der Waals surface area contributed by atoms with Gasteiger partial charge >= 0.3 is 0 Å². The number of aryl methyl sites for hydroxylation is 1. The number of hydrogen-bond donors (Lipinski definition) is 0. The Labute approximate surface area is 104 Å². The Hall–Kier alpha value is -1.09. The van der Waals surface area contributed by atoms with Gasteiger partial charge in [-0.25, -0.2) is 4.98 Å². The second-order valence-electron chi connectivity index (χ2n) is 5.02. The molecule has 0 atom stereocenters. The molecule has 1 aliphatic heterocycles. The minimum Gasteiger partial charge on any atom is -0.358 e. The predicted octanol–water partition coefficient (Wildman–Crippen LogP) is 2.31. The van der Waals surface area contributed by atoms with E-state index in [1.807, 2.05) is 12.3 Å². The smallest absolute Gasteiger partial charge is 0.128 e. The molecule has 0 aromatic carbocycles. The Morgan fingerprint density at radius 1 is 1.29 bits per heavy atom. The highest BCUT2D eigenvalue weighted by atomic mass is 15.2. The molecule has 3 heteroatoms. The molecule has 1 aromatic rings. The fourth-order valence-electron chi connectivity index (χ4n) is 2.32. The molecule has 0 spiro atoms. The van der Waals surface area contributed by atoms with Crippen LogP contribution < -0.4 is 4.90 Å². The van der Waals surface area contributed by atoms with Gasteiger partial charge < -0.3 is 9.80 Å². The molecular weight excluding hydrogens is 210 g/mol. The lowest BCUT2D eigenvalue weighted by Crippen LogP contribution is -2.36. The van der Waals surface area contributed by atoms with Crippen molar-refractivity contribution in [2.75, 3.05) is 38.1 Å². The third kappa shape index (κ3) is 3.70. The van der Waals surface area contributed by atoms with E-state index in [9.17, 15) is 0 Å². The average molecular weight is 233 g/mol. The fourth-order valence-corrected chi connectivity index (χ4v) is 2.32. The zero-order valence-corrected chi connectivity index (χ0v) is 11.0. The van der Waals surface area contributed by atoms with E-state index in [1.54, 1.807) is 0 Å². The Bertz CT molecular complexity index is 345. The summed E-state index contributed by atoms with van der Waals surface area (Å²) in [5.74, 6) is 1.09. The highest BCUT2D eigenvalue weighted by Crippen LogP contribution is 2.12. The molecule has 1 aromatic heterocycles. The van der Waals surface area contributed by atoms with Crippen molar-refractivity contribution in [3.8, 4) is 0 Å². The van der Waals surface area contributed by atoms with Crippen molar-refractivity contribution in [1.82, 2.24) is 9.88 Å². The summed E-state index contributed by atoms with van der Waals surface area (Å²) in [6, 6.07) is 4.19. The van der Waals surface area contributed by atoms with Gasteiger partial charge in [-0.3, -0.25) is 0 Å². The van der Waals surface area contributed by atoms with E-state index >= 15 is 0 Å². The quantitative estimate of drug-likeness (QED) is 0.795. The van der Waals surface area contributed by atoms with Crippen LogP contribution in [0.4, 0.5) is 5.82 Å². The first kappa shape index (κ1) is 12.4. The second kappa shape index (κ2) is 6.01. The van der Waals surface area contributed by atoms with E-state index in [1.165, 1.54) is 37.9 Å². The minimum absolute atomic E-state index is 1.07. The maximum absolute atomic E-state index is 4.41. The fraction of sp³-hybridized carbons (Fsp3) is 0.643. The van der Waals surface area contributed by atoms with Crippen LogP contribution in [0.2, 0.25) is 0 Å². The molecule has 0 amide bonds. The number of likely N-dealkylation sites (N-methyl/N-ethyl adjacent to an activating group) is 1. The molecule has 0 bridgehead atoms. The van der Waals surface area contributed by atoms with Crippen LogP contribution in [0.5, 0.6) is 0 Å². The average Bonchev–Trinajstić information content (AvgIpc) is 2.37. The highest BCUT2D eigenvalue weighted by Gasteiger charge is 2.11. The lowest BCUT2D eigenvalue weighted by atomic mass is 10.1. The zero-order valence-electron chi connectivity index (χ0n) is 11.0. The Kier molecular flexibility index (Phi) is 4.37. The van der Waals surface area contributed by atoms with E-state index in [-0.39, 0.29) is 0 Å². The molecule has 2 heterocycles. The molecule has 0 N–H and O–H groups in total. The zero-order chi connectivity index (χ0) is 12.1. The summed E-state index contributed by atoms with van der Waals surface area (Å²) in [7, 11) is 2.13. The summed E-state index contributed by atoms with van der Waals surface area (Å²) in [6.45, 7) is 6.89. The summed E-state index contributed by atoms with van der Waals surface area (Å²) in [5.41, 5.74) is 1.28. The van der Waals surface area contributed by atoms with Gasteiger partial charge in [-0.2, -0.15) is 0 Å². The van der Waals surface area contributed by atoms with Gasteiger partial charge in [-0.15, -0.1) is 0 Å². The first-order chi connectivity index (χ1) is 8.25. The van der Waals surface area contributed by atoms with Gasteiger partial charge in [0.1, 0.15) is 5.82 Å². The molecule has 1 aliphatic rings. The lowest BCUT2D eigenvalue weighted by Gasteiger charge is -2.28. The summed E-state index contributed by atoms with van der Waals surface area (Å²) >= 11 is 0. The molecule has 3 nitrogen and oxygen atoms in total. The Balaban J connectivity index is 1.82. The van der Waals surface area contributed by atoms with Gasteiger partial charge in [0.15, 0.2) is 0 Å². The molecule has 1 fully saturated rings. The molecule has 0 unspecified atom stereocenters. The number of aromatic nitrogens is 1. The van der Waals surface area contributed by atoms with Gasteiger partial charge in [0.05, 0.1) is 0 Å². The molecule has 0 saturated carbocycles. The third-order valence-electron chi connectivity index (χ3n) is 3.49. The van der Waals surface area contributed by atoms with E-state index in [0.717, 1.165) is 18.9 Å². The molecule has 1 saturated heterocycles. The van der Waals surface area contributed by atoms with Crippen molar-refractivity contribution in [3.05, 3.63) is 23.9 Å². The third-order valence-corrected chi connectivity index (χ3v) is 3.49.